The molecule has 1 saturated carbocycles. The van der Waals surface area contributed by atoms with Crippen LogP contribution < -0.4 is 0 Å². The number of allylic oxidation sites excluding steroid dienone is 2. The van der Waals surface area contributed by atoms with E-state index in [-0.39, 0.29) is 0 Å². The molecule has 22 heavy (non-hydrogen) atoms. The SMILES string of the molecule is CCCC1(CC/C(C)=C\CC2C3CN(C)CC23)CCN(C)C1. The molecule has 0 aromatic heterocycles. The first-order valence-corrected chi connectivity index (χ1v) is 9.56. The van der Waals surface area contributed by atoms with Crippen molar-refractivity contribution in [2.45, 2.75) is 52.4 Å². The van der Waals surface area contributed by atoms with Crippen LogP contribution in [0.2, 0.25) is 0 Å². The number of fused-ring (bicyclic) bond motifs is 1. The molecule has 0 amide bonds. The minimum atomic E-state index is 0.622. The summed E-state index contributed by atoms with van der Waals surface area (Å²) in [6.45, 7) is 10.1. The lowest BCUT2D eigenvalue weighted by Crippen LogP contribution is -2.25. The summed E-state index contributed by atoms with van der Waals surface area (Å²) in [6, 6.07) is 0. The van der Waals surface area contributed by atoms with E-state index < -0.39 is 0 Å². The topological polar surface area (TPSA) is 6.48 Å². The van der Waals surface area contributed by atoms with Crippen LogP contribution in [0.1, 0.15) is 52.4 Å². The first-order valence-electron chi connectivity index (χ1n) is 9.56. The largest absolute Gasteiger partial charge is 0.306 e. The molecule has 3 unspecified atom stereocenters. The van der Waals surface area contributed by atoms with Crippen LogP contribution in [0.3, 0.4) is 0 Å². The predicted molar refractivity (Wildman–Crippen MR) is 95.0 cm³/mol. The maximum Gasteiger partial charge on any atom is 0.00355 e. The Balaban J connectivity index is 1.43. The van der Waals surface area contributed by atoms with E-state index in [1.807, 2.05) is 0 Å². The maximum atomic E-state index is 2.58. The van der Waals surface area contributed by atoms with E-state index in [1.165, 1.54) is 64.7 Å². The van der Waals surface area contributed by atoms with E-state index in [0.717, 1.165) is 17.8 Å². The molecule has 126 valence electrons. The van der Waals surface area contributed by atoms with E-state index >= 15 is 0 Å². The number of hydrogen-bond acceptors (Lipinski definition) is 2. The Kier molecular flexibility index (Phi) is 4.99. The van der Waals surface area contributed by atoms with E-state index in [9.17, 15) is 0 Å². The summed E-state index contributed by atoms with van der Waals surface area (Å²) in [5.74, 6) is 3.08. The summed E-state index contributed by atoms with van der Waals surface area (Å²) in [5, 5.41) is 0. The van der Waals surface area contributed by atoms with Gasteiger partial charge in [0.2, 0.25) is 0 Å². The van der Waals surface area contributed by atoms with Crippen LogP contribution in [0.5, 0.6) is 0 Å². The van der Waals surface area contributed by atoms with Gasteiger partial charge in [-0.05, 0) is 82.8 Å². The van der Waals surface area contributed by atoms with Crippen molar-refractivity contribution < 1.29 is 0 Å². The van der Waals surface area contributed by atoms with Gasteiger partial charge in [0.1, 0.15) is 0 Å². The van der Waals surface area contributed by atoms with Crippen molar-refractivity contribution >= 4 is 0 Å². The molecule has 2 saturated heterocycles. The molecule has 2 nitrogen and oxygen atoms in total. The molecule has 0 spiro atoms. The molecule has 0 aromatic rings. The number of rotatable bonds is 7. The molecule has 0 bridgehead atoms. The van der Waals surface area contributed by atoms with Gasteiger partial charge in [-0.1, -0.05) is 25.0 Å². The first kappa shape index (κ1) is 16.5. The number of likely N-dealkylation sites (tertiary alicyclic amines) is 2. The summed E-state index contributed by atoms with van der Waals surface area (Å²) in [5.41, 5.74) is 2.28. The Bertz CT molecular complexity index is 400. The second-order valence-electron chi connectivity index (χ2n) is 8.74. The van der Waals surface area contributed by atoms with Gasteiger partial charge in [0.15, 0.2) is 0 Å². The summed E-state index contributed by atoms with van der Waals surface area (Å²) in [6.07, 6.45) is 10.9. The average Bonchev–Trinajstić information content (AvgIpc) is 2.81. The second kappa shape index (κ2) is 6.65. The minimum Gasteiger partial charge on any atom is -0.306 e. The van der Waals surface area contributed by atoms with Crippen LogP contribution >= 0.6 is 0 Å². The van der Waals surface area contributed by atoms with Crippen molar-refractivity contribution in [3.63, 3.8) is 0 Å². The Hall–Kier alpha value is -0.340. The molecule has 3 fully saturated rings. The van der Waals surface area contributed by atoms with Crippen molar-refractivity contribution in [1.82, 2.24) is 9.80 Å². The lowest BCUT2D eigenvalue weighted by atomic mass is 9.77. The lowest BCUT2D eigenvalue weighted by molar-refractivity contribution is 0.238. The highest BCUT2D eigenvalue weighted by atomic mass is 15.2. The second-order valence-corrected chi connectivity index (χ2v) is 8.74. The van der Waals surface area contributed by atoms with Gasteiger partial charge in [-0.3, -0.25) is 0 Å². The van der Waals surface area contributed by atoms with Crippen LogP contribution in [0, 0.1) is 23.2 Å². The van der Waals surface area contributed by atoms with E-state index in [4.69, 9.17) is 0 Å². The molecule has 0 aromatic carbocycles. The zero-order valence-electron chi connectivity index (χ0n) is 15.3. The van der Waals surface area contributed by atoms with Gasteiger partial charge in [-0.2, -0.15) is 0 Å². The molecule has 2 aliphatic heterocycles. The van der Waals surface area contributed by atoms with E-state index in [1.54, 1.807) is 5.57 Å². The van der Waals surface area contributed by atoms with Gasteiger partial charge in [0, 0.05) is 19.6 Å². The van der Waals surface area contributed by atoms with Gasteiger partial charge in [0.25, 0.3) is 0 Å². The fraction of sp³-hybridized carbons (Fsp3) is 0.900. The summed E-state index contributed by atoms with van der Waals surface area (Å²) in [7, 11) is 4.57. The van der Waals surface area contributed by atoms with Crippen LogP contribution in [-0.2, 0) is 0 Å². The summed E-state index contributed by atoms with van der Waals surface area (Å²) < 4.78 is 0. The Morgan fingerprint density at radius 3 is 2.45 bits per heavy atom. The monoisotopic (exact) mass is 304 g/mol. The Labute approximate surface area is 137 Å². The van der Waals surface area contributed by atoms with Gasteiger partial charge in [0.05, 0.1) is 0 Å². The molecule has 3 aliphatic rings. The molecule has 2 heteroatoms. The smallest absolute Gasteiger partial charge is 0.00355 e. The lowest BCUT2D eigenvalue weighted by Gasteiger charge is -2.29. The summed E-state index contributed by atoms with van der Waals surface area (Å²) >= 11 is 0. The predicted octanol–water partition coefficient (Wildman–Crippen LogP) is 4.03. The summed E-state index contributed by atoms with van der Waals surface area (Å²) in [4.78, 5) is 5.05. The standard InChI is InChI=1S/C20H36N2/c1-5-9-20(11-12-21(3)15-20)10-8-16(2)6-7-17-18-13-22(4)14-19(17)18/h6,17-19H,5,7-15H2,1-4H3/b16-6-. The quantitative estimate of drug-likeness (QED) is 0.655. The van der Waals surface area contributed by atoms with E-state index in [2.05, 4.69) is 43.8 Å². The van der Waals surface area contributed by atoms with Crippen molar-refractivity contribution in [3.8, 4) is 0 Å². The first-order chi connectivity index (χ1) is 10.5. The molecule has 2 heterocycles. The zero-order chi connectivity index (χ0) is 15.7. The van der Waals surface area contributed by atoms with Crippen LogP contribution in [0.15, 0.2) is 11.6 Å². The normalized spacial score (nSPS) is 39.5. The molecule has 3 rings (SSSR count). The van der Waals surface area contributed by atoms with Gasteiger partial charge in [-0.25, -0.2) is 0 Å². The molecular weight excluding hydrogens is 268 g/mol. The zero-order valence-corrected chi connectivity index (χ0v) is 15.3. The van der Waals surface area contributed by atoms with E-state index in [0.29, 0.717) is 5.41 Å². The minimum absolute atomic E-state index is 0.622. The third kappa shape index (κ3) is 3.59. The Morgan fingerprint density at radius 1 is 1.14 bits per heavy atom. The highest BCUT2D eigenvalue weighted by molar-refractivity contribution is 5.10. The highest BCUT2D eigenvalue weighted by Gasteiger charge is 2.53. The van der Waals surface area contributed by atoms with Crippen LogP contribution in [0.25, 0.3) is 0 Å². The fourth-order valence-electron chi connectivity index (χ4n) is 5.33. The van der Waals surface area contributed by atoms with Crippen molar-refractivity contribution in [3.05, 3.63) is 11.6 Å². The molecule has 3 atom stereocenters. The Morgan fingerprint density at radius 2 is 1.86 bits per heavy atom. The van der Waals surface area contributed by atoms with Gasteiger partial charge < -0.3 is 9.80 Å². The van der Waals surface area contributed by atoms with Gasteiger partial charge in [-0.15, -0.1) is 0 Å². The molecule has 0 radical (unpaired) electrons. The molecule has 0 N–H and O–H groups in total. The van der Waals surface area contributed by atoms with Crippen molar-refractivity contribution in [2.24, 2.45) is 23.2 Å². The van der Waals surface area contributed by atoms with Gasteiger partial charge >= 0.3 is 0 Å². The number of nitrogens with zero attached hydrogens (tertiary/aromatic N) is 2. The average molecular weight is 305 g/mol. The molecular formula is C20H36N2. The highest BCUT2D eigenvalue weighted by Crippen LogP contribution is 2.53. The van der Waals surface area contributed by atoms with Crippen LogP contribution in [-0.4, -0.2) is 50.1 Å². The maximum absolute atomic E-state index is 2.58. The molecule has 1 aliphatic carbocycles. The number of piperidine rings is 1. The third-order valence-electron chi connectivity index (χ3n) is 6.75. The van der Waals surface area contributed by atoms with Crippen LogP contribution in [0.4, 0.5) is 0 Å². The van der Waals surface area contributed by atoms with Crippen molar-refractivity contribution in [1.29, 1.82) is 0 Å². The fourth-order valence-corrected chi connectivity index (χ4v) is 5.33. The third-order valence-corrected chi connectivity index (χ3v) is 6.75. The van der Waals surface area contributed by atoms with Crippen molar-refractivity contribution in [2.75, 3.05) is 40.3 Å². The number of hydrogen-bond donors (Lipinski definition) is 0.